The molecule has 1 aliphatic heterocycles. The molecule has 0 fully saturated rings. The quantitative estimate of drug-likeness (QED) is 0.468. The van der Waals surface area contributed by atoms with Gasteiger partial charge in [0.1, 0.15) is 0 Å². The van der Waals surface area contributed by atoms with E-state index in [-0.39, 0.29) is 29.8 Å². The minimum absolute atomic E-state index is 0.0148. The number of imide groups is 1. The van der Waals surface area contributed by atoms with Crippen molar-refractivity contribution in [2.45, 2.75) is 6.42 Å². The van der Waals surface area contributed by atoms with Crippen LogP contribution in [-0.4, -0.2) is 47.5 Å². The van der Waals surface area contributed by atoms with Gasteiger partial charge in [0.2, 0.25) is 0 Å². The second-order valence-corrected chi connectivity index (χ2v) is 4.52. The maximum absolute atomic E-state index is 12.1. The van der Waals surface area contributed by atoms with Crippen LogP contribution in [0.5, 0.6) is 0 Å². The minimum Gasteiger partial charge on any atom is -0.478 e. The fraction of sp³-hybridized carbons (Fsp3) is 0.267. The molecule has 1 N–H and O–H groups in total. The highest BCUT2D eigenvalue weighted by Gasteiger charge is 2.35. The van der Waals surface area contributed by atoms with Gasteiger partial charge in [-0.25, -0.2) is 4.79 Å². The van der Waals surface area contributed by atoms with Gasteiger partial charge >= 0.3 is 5.97 Å². The van der Waals surface area contributed by atoms with Gasteiger partial charge in [0.15, 0.2) is 0 Å². The monoisotopic (exact) mass is 289 g/mol. The van der Waals surface area contributed by atoms with Gasteiger partial charge in [-0.3, -0.25) is 14.5 Å². The normalized spacial score (nSPS) is 13.4. The van der Waals surface area contributed by atoms with E-state index in [1.165, 1.54) is 18.2 Å². The molecule has 110 valence electrons. The van der Waals surface area contributed by atoms with E-state index in [4.69, 9.17) is 9.84 Å². The third kappa shape index (κ3) is 3.00. The van der Waals surface area contributed by atoms with Gasteiger partial charge in [-0.05, 0) is 24.6 Å². The number of amides is 2. The number of hydrogen-bond donors (Lipinski definition) is 1. The molecule has 0 saturated heterocycles. The molecule has 1 heterocycles. The predicted molar refractivity (Wildman–Crippen MR) is 74.4 cm³/mol. The molecular weight excluding hydrogens is 274 g/mol. The number of benzene rings is 1. The van der Waals surface area contributed by atoms with E-state index in [9.17, 15) is 14.4 Å². The van der Waals surface area contributed by atoms with E-state index >= 15 is 0 Å². The zero-order chi connectivity index (χ0) is 15.4. The van der Waals surface area contributed by atoms with Crippen molar-refractivity contribution in [2.24, 2.45) is 0 Å². The maximum atomic E-state index is 12.1. The first-order chi connectivity index (χ1) is 10.1. The van der Waals surface area contributed by atoms with E-state index < -0.39 is 17.8 Å². The van der Waals surface area contributed by atoms with Crippen molar-refractivity contribution < 1.29 is 24.2 Å². The zero-order valence-electron chi connectivity index (χ0n) is 11.4. The van der Waals surface area contributed by atoms with Crippen LogP contribution in [0.25, 0.3) is 0 Å². The highest BCUT2D eigenvalue weighted by molar-refractivity contribution is 6.21. The van der Waals surface area contributed by atoms with E-state index in [0.29, 0.717) is 13.0 Å². The number of carbonyl (C=O) groups is 3. The summed E-state index contributed by atoms with van der Waals surface area (Å²) in [5.41, 5.74) is 0.348. The molecule has 1 aromatic rings. The second kappa shape index (κ2) is 6.32. The summed E-state index contributed by atoms with van der Waals surface area (Å²) >= 11 is 0. The summed E-state index contributed by atoms with van der Waals surface area (Å²) in [5.74, 6) is -2.03. The lowest BCUT2D eigenvalue weighted by atomic mass is 10.1. The third-order valence-electron chi connectivity index (χ3n) is 3.14. The first-order valence-electron chi connectivity index (χ1n) is 6.48. The smallest absolute Gasteiger partial charge is 0.335 e. The largest absolute Gasteiger partial charge is 0.478 e. The Morgan fingerprint density at radius 1 is 1.24 bits per heavy atom. The Kier molecular flexibility index (Phi) is 4.49. The molecule has 0 atom stereocenters. The molecule has 0 aromatic heterocycles. The number of carboxylic acid groups (broad SMARTS) is 1. The van der Waals surface area contributed by atoms with Crippen molar-refractivity contribution in [1.82, 2.24) is 4.90 Å². The number of aromatic carboxylic acids is 1. The van der Waals surface area contributed by atoms with E-state index in [1.54, 1.807) is 6.08 Å². The number of carboxylic acids is 1. The Labute approximate surface area is 121 Å². The summed E-state index contributed by atoms with van der Waals surface area (Å²) in [6, 6.07) is 3.92. The molecule has 0 spiro atoms. The highest BCUT2D eigenvalue weighted by Crippen LogP contribution is 2.23. The van der Waals surface area contributed by atoms with Crippen LogP contribution in [0.4, 0.5) is 0 Å². The summed E-state index contributed by atoms with van der Waals surface area (Å²) in [7, 11) is 0. The molecule has 6 heteroatoms. The lowest BCUT2D eigenvalue weighted by Crippen LogP contribution is -2.33. The average molecular weight is 289 g/mol. The molecule has 0 radical (unpaired) electrons. The minimum atomic E-state index is -1.13. The lowest BCUT2D eigenvalue weighted by Gasteiger charge is -2.13. The van der Waals surface area contributed by atoms with E-state index in [0.717, 1.165) is 4.90 Å². The van der Waals surface area contributed by atoms with E-state index in [1.807, 2.05) is 0 Å². The molecule has 0 unspecified atom stereocenters. The molecule has 0 saturated carbocycles. The molecule has 0 bridgehead atoms. The van der Waals surface area contributed by atoms with Crippen LogP contribution >= 0.6 is 0 Å². The van der Waals surface area contributed by atoms with Crippen molar-refractivity contribution in [3.63, 3.8) is 0 Å². The van der Waals surface area contributed by atoms with Gasteiger partial charge in [0, 0.05) is 0 Å². The van der Waals surface area contributed by atoms with Crippen LogP contribution in [0.3, 0.4) is 0 Å². The Bertz CT molecular complexity index is 608. The Balaban J connectivity index is 2.07. The number of nitrogens with zero attached hydrogens (tertiary/aromatic N) is 1. The molecule has 2 amide bonds. The Hall–Kier alpha value is -2.47. The lowest BCUT2D eigenvalue weighted by molar-refractivity contribution is 0.0567. The Morgan fingerprint density at radius 3 is 2.62 bits per heavy atom. The van der Waals surface area contributed by atoms with Crippen molar-refractivity contribution in [2.75, 3.05) is 19.8 Å². The average Bonchev–Trinajstić information content (AvgIpc) is 2.71. The summed E-state index contributed by atoms with van der Waals surface area (Å²) in [4.78, 5) is 36.2. The van der Waals surface area contributed by atoms with Crippen molar-refractivity contribution in [3.05, 3.63) is 47.5 Å². The number of fused-ring (bicyclic) bond motifs is 1. The van der Waals surface area contributed by atoms with Crippen LogP contribution < -0.4 is 0 Å². The zero-order valence-corrected chi connectivity index (χ0v) is 11.4. The summed E-state index contributed by atoms with van der Waals surface area (Å²) in [5, 5.41) is 8.92. The van der Waals surface area contributed by atoms with Crippen LogP contribution in [0.1, 0.15) is 37.5 Å². The molecule has 6 nitrogen and oxygen atoms in total. The molecule has 2 rings (SSSR count). The first kappa shape index (κ1) is 14.9. The van der Waals surface area contributed by atoms with Gasteiger partial charge in [-0.2, -0.15) is 0 Å². The summed E-state index contributed by atoms with van der Waals surface area (Å²) in [6.07, 6.45) is 2.42. The number of carbonyl (C=O) groups excluding carboxylic acids is 2. The van der Waals surface area contributed by atoms with Crippen LogP contribution in [-0.2, 0) is 4.74 Å². The summed E-state index contributed by atoms with van der Waals surface area (Å²) < 4.78 is 5.28. The molecular formula is C15H15NO5. The van der Waals surface area contributed by atoms with Gasteiger partial charge in [-0.15, -0.1) is 6.58 Å². The van der Waals surface area contributed by atoms with Gasteiger partial charge in [0.25, 0.3) is 11.8 Å². The standard InChI is InChI=1S/C15H15NO5/c1-2-3-7-21-8-6-16-13(17)11-5-4-10(15(19)20)9-12(11)14(16)18/h2,4-5,9H,1,3,6-8H2,(H,19,20). The van der Waals surface area contributed by atoms with Crippen molar-refractivity contribution in [1.29, 1.82) is 0 Å². The van der Waals surface area contributed by atoms with Crippen LogP contribution in [0, 0.1) is 0 Å². The second-order valence-electron chi connectivity index (χ2n) is 4.52. The molecule has 0 aliphatic carbocycles. The van der Waals surface area contributed by atoms with E-state index in [2.05, 4.69) is 6.58 Å². The highest BCUT2D eigenvalue weighted by atomic mass is 16.5. The topological polar surface area (TPSA) is 83.9 Å². The van der Waals surface area contributed by atoms with Gasteiger partial charge < -0.3 is 9.84 Å². The number of rotatable bonds is 7. The molecule has 21 heavy (non-hydrogen) atoms. The fourth-order valence-corrected chi connectivity index (χ4v) is 2.05. The number of ether oxygens (including phenoxy) is 1. The maximum Gasteiger partial charge on any atom is 0.335 e. The SMILES string of the molecule is C=CCCOCCN1C(=O)c2ccc(C(=O)O)cc2C1=O. The molecule has 1 aromatic carbocycles. The predicted octanol–water partition coefficient (Wildman–Crippen LogP) is 1.57. The summed E-state index contributed by atoms with van der Waals surface area (Å²) in [6.45, 7) is 4.43. The first-order valence-corrected chi connectivity index (χ1v) is 6.48. The van der Waals surface area contributed by atoms with Gasteiger partial charge in [-0.1, -0.05) is 6.08 Å². The fourth-order valence-electron chi connectivity index (χ4n) is 2.05. The van der Waals surface area contributed by atoms with Gasteiger partial charge in [0.05, 0.1) is 36.4 Å². The third-order valence-corrected chi connectivity index (χ3v) is 3.14. The molecule has 1 aliphatic rings. The van der Waals surface area contributed by atoms with Crippen LogP contribution in [0.2, 0.25) is 0 Å². The van der Waals surface area contributed by atoms with Crippen LogP contribution in [0.15, 0.2) is 30.9 Å². The van der Waals surface area contributed by atoms with Crippen molar-refractivity contribution in [3.8, 4) is 0 Å². The van der Waals surface area contributed by atoms with Crippen molar-refractivity contribution >= 4 is 17.8 Å². The Morgan fingerprint density at radius 2 is 1.95 bits per heavy atom. The number of hydrogen-bond acceptors (Lipinski definition) is 4.